The lowest BCUT2D eigenvalue weighted by Gasteiger charge is -2.46. The molecular weight excluding hydrogens is 204 g/mol. The van der Waals surface area contributed by atoms with Crippen LogP contribution in [0.15, 0.2) is 0 Å². The van der Waals surface area contributed by atoms with Gasteiger partial charge in [-0.25, -0.2) is 10.0 Å². The van der Waals surface area contributed by atoms with E-state index in [1.807, 2.05) is 0 Å². The monoisotopic (exact) mass is 228 g/mol. The normalized spacial score (nSPS) is 43.5. The van der Waals surface area contributed by atoms with E-state index in [0.717, 1.165) is 26.2 Å². The molecule has 0 N–H and O–H groups in total. The third kappa shape index (κ3) is 2.94. The van der Waals surface area contributed by atoms with Gasteiger partial charge in [0.1, 0.15) is 0 Å². The summed E-state index contributed by atoms with van der Waals surface area (Å²) in [4.78, 5) is 0. The van der Waals surface area contributed by atoms with Gasteiger partial charge in [0.05, 0.1) is 24.4 Å². The minimum atomic E-state index is 0.331. The fourth-order valence-electron chi connectivity index (χ4n) is 2.76. The molecule has 4 nitrogen and oxygen atoms in total. The molecule has 2 aliphatic rings. The summed E-state index contributed by atoms with van der Waals surface area (Å²) in [5.41, 5.74) is 0. The number of morpholine rings is 2. The van der Waals surface area contributed by atoms with E-state index in [1.165, 1.54) is 0 Å². The highest BCUT2D eigenvalue weighted by Crippen LogP contribution is 2.18. The zero-order valence-corrected chi connectivity index (χ0v) is 10.8. The van der Waals surface area contributed by atoms with Gasteiger partial charge in [-0.2, -0.15) is 0 Å². The average molecular weight is 228 g/mol. The molecule has 4 atom stereocenters. The lowest BCUT2D eigenvalue weighted by atomic mass is 10.2. The zero-order chi connectivity index (χ0) is 11.7. The number of ether oxygens (including phenoxy) is 2. The van der Waals surface area contributed by atoms with Crippen LogP contribution in [0.25, 0.3) is 0 Å². The summed E-state index contributed by atoms with van der Waals surface area (Å²) in [7, 11) is 0. The van der Waals surface area contributed by atoms with Crippen LogP contribution < -0.4 is 0 Å². The number of hydrazine groups is 1. The van der Waals surface area contributed by atoms with Crippen LogP contribution in [0.2, 0.25) is 0 Å². The molecule has 2 saturated heterocycles. The van der Waals surface area contributed by atoms with Crippen molar-refractivity contribution in [3.05, 3.63) is 0 Å². The van der Waals surface area contributed by atoms with Crippen LogP contribution >= 0.6 is 0 Å². The lowest BCUT2D eigenvalue weighted by Crippen LogP contribution is -2.59. The van der Waals surface area contributed by atoms with Crippen molar-refractivity contribution in [3.63, 3.8) is 0 Å². The van der Waals surface area contributed by atoms with E-state index in [1.54, 1.807) is 0 Å². The van der Waals surface area contributed by atoms with Crippen molar-refractivity contribution in [1.29, 1.82) is 0 Å². The van der Waals surface area contributed by atoms with Gasteiger partial charge in [-0.05, 0) is 27.7 Å². The molecule has 4 heteroatoms. The molecule has 0 aromatic rings. The van der Waals surface area contributed by atoms with Crippen LogP contribution in [0.3, 0.4) is 0 Å². The third-order valence-corrected chi connectivity index (χ3v) is 3.20. The molecule has 0 aromatic heterocycles. The maximum Gasteiger partial charge on any atom is 0.0692 e. The minimum Gasteiger partial charge on any atom is -0.373 e. The summed E-state index contributed by atoms with van der Waals surface area (Å²) >= 11 is 0. The molecule has 0 bridgehead atoms. The standard InChI is InChI=1S/C12H24N2O2/c1-9-5-13(6-10(2)15-9)14-7-11(3)16-12(4)8-14/h9-12H,5-8H2,1-4H3. The SMILES string of the molecule is CC1CN(N2CC(C)OC(C)C2)CC(C)O1. The van der Waals surface area contributed by atoms with Crippen molar-refractivity contribution in [2.75, 3.05) is 26.2 Å². The molecule has 0 spiro atoms. The summed E-state index contributed by atoms with van der Waals surface area (Å²) in [6.45, 7) is 12.6. The molecule has 2 heterocycles. The van der Waals surface area contributed by atoms with Gasteiger partial charge >= 0.3 is 0 Å². The Labute approximate surface area is 98.5 Å². The molecule has 2 aliphatic heterocycles. The molecular formula is C12H24N2O2. The predicted octanol–water partition coefficient (Wildman–Crippen LogP) is 1.12. The minimum absolute atomic E-state index is 0.331. The second kappa shape index (κ2) is 5.00. The Hall–Kier alpha value is -0.160. The van der Waals surface area contributed by atoms with Gasteiger partial charge in [-0.15, -0.1) is 0 Å². The molecule has 4 unspecified atom stereocenters. The summed E-state index contributed by atoms with van der Waals surface area (Å²) in [5, 5.41) is 4.88. The Morgan fingerprint density at radius 3 is 1.12 bits per heavy atom. The van der Waals surface area contributed by atoms with Crippen molar-refractivity contribution in [2.24, 2.45) is 0 Å². The first-order valence-electron chi connectivity index (χ1n) is 6.35. The van der Waals surface area contributed by atoms with Crippen molar-refractivity contribution in [2.45, 2.75) is 52.1 Å². The van der Waals surface area contributed by atoms with Gasteiger partial charge < -0.3 is 9.47 Å². The molecule has 2 rings (SSSR count). The third-order valence-electron chi connectivity index (χ3n) is 3.20. The first kappa shape index (κ1) is 12.3. The van der Waals surface area contributed by atoms with Crippen LogP contribution in [0.4, 0.5) is 0 Å². The van der Waals surface area contributed by atoms with Crippen molar-refractivity contribution < 1.29 is 9.47 Å². The first-order chi connectivity index (χ1) is 7.54. The summed E-state index contributed by atoms with van der Waals surface area (Å²) < 4.78 is 11.5. The Balaban J connectivity index is 1.95. The van der Waals surface area contributed by atoms with Crippen LogP contribution in [0.5, 0.6) is 0 Å². The zero-order valence-electron chi connectivity index (χ0n) is 10.8. The Morgan fingerprint density at radius 1 is 0.625 bits per heavy atom. The van der Waals surface area contributed by atoms with Gasteiger partial charge in [0.2, 0.25) is 0 Å². The van der Waals surface area contributed by atoms with E-state index >= 15 is 0 Å². The van der Waals surface area contributed by atoms with Crippen LogP contribution in [-0.4, -0.2) is 60.6 Å². The van der Waals surface area contributed by atoms with E-state index in [0.29, 0.717) is 24.4 Å². The van der Waals surface area contributed by atoms with E-state index in [-0.39, 0.29) is 0 Å². The average Bonchev–Trinajstić information content (AvgIpc) is 2.14. The topological polar surface area (TPSA) is 24.9 Å². The highest BCUT2D eigenvalue weighted by atomic mass is 16.5. The number of hydrogen-bond acceptors (Lipinski definition) is 4. The smallest absolute Gasteiger partial charge is 0.0692 e. The molecule has 94 valence electrons. The quantitative estimate of drug-likeness (QED) is 0.671. The molecule has 0 radical (unpaired) electrons. The van der Waals surface area contributed by atoms with Crippen molar-refractivity contribution in [3.8, 4) is 0 Å². The maximum atomic E-state index is 5.76. The second-order valence-electron chi connectivity index (χ2n) is 5.26. The summed E-state index contributed by atoms with van der Waals surface area (Å²) in [6, 6.07) is 0. The van der Waals surface area contributed by atoms with Gasteiger partial charge in [-0.3, -0.25) is 0 Å². The van der Waals surface area contributed by atoms with E-state index in [4.69, 9.17) is 9.47 Å². The van der Waals surface area contributed by atoms with Crippen LogP contribution in [0, 0.1) is 0 Å². The van der Waals surface area contributed by atoms with E-state index in [9.17, 15) is 0 Å². The largest absolute Gasteiger partial charge is 0.373 e. The van der Waals surface area contributed by atoms with Crippen LogP contribution in [0.1, 0.15) is 27.7 Å². The fourth-order valence-corrected chi connectivity index (χ4v) is 2.76. The molecule has 0 aromatic carbocycles. The van der Waals surface area contributed by atoms with Crippen LogP contribution in [-0.2, 0) is 9.47 Å². The van der Waals surface area contributed by atoms with Crippen molar-refractivity contribution in [1.82, 2.24) is 10.0 Å². The van der Waals surface area contributed by atoms with Gasteiger partial charge in [0, 0.05) is 26.2 Å². The highest BCUT2D eigenvalue weighted by Gasteiger charge is 2.31. The van der Waals surface area contributed by atoms with Crippen molar-refractivity contribution >= 4 is 0 Å². The molecule has 0 saturated carbocycles. The summed E-state index contributed by atoms with van der Waals surface area (Å²) in [6.07, 6.45) is 1.32. The Kier molecular flexibility index (Phi) is 3.85. The first-order valence-corrected chi connectivity index (χ1v) is 6.35. The molecule has 2 fully saturated rings. The number of hydrogen-bond donors (Lipinski definition) is 0. The Bertz CT molecular complexity index is 193. The number of nitrogens with zero attached hydrogens (tertiary/aromatic N) is 2. The fraction of sp³-hybridized carbons (Fsp3) is 1.00. The van der Waals surface area contributed by atoms with Gasteiger partial charge in [-0.1, -0.05) is 0 Å². The highest BCUT2D eigenvalue weighted by molar-refractivity contribution is 4.77. The van der Waals surface area contributed by atoms with E-state index in [2.05, 4.69) is 37.7 Å². The molecule has 0 aliphatic carbocycles. The lowest BCUT2D eigenvalue weighted by molar-refractivity contribution is -0.193. The number of rotatable bonds is 1. The summed E-state index contributed by atoms with van der Waals surface area (Å²) in [5.74, 6) is 0. The van der Waals surface area contributed by atoms with E-state index < -0.39 is 0 Å². The second-order valence-corrected chi connectivity index (χ2v) is 5.26. The predicted molar refractivity (Wildman–Crippen MR) is 63.2 cm³/mol. The molecule has 16 heavy (non-hydrogen) atoms. The Morgan fingerprint density at radius 2 is 0.875 bits per heavy atom. The van der Waals surface area contributed by atoms with Gasteiger partial charge in [0.15, 0.2) is 0 Å². The van der Waals surface area contributed by atoms with Gasteiger partial charge in [0.25, 0.3) is 0 Å². The maximum absolute atomic E-state index is 5.76. The molecule has 0 amide bonds.